The molecular weight excluding hydrogens is 578 g/mol. The first-order valence-electron chi connectivity index (χ1n) is 15.2. The Labute approximate surface area is 261 Å². The molecule has 1 fully saturated rings. The summed E-state index contributed by atoms with van der Waals surface area (Å²) in [5.74, 6) is -1.41. The molecule has 1 saturated heterocycles. The predicted molar refractivity (Wildman–Crippen MR) is 173 cm³/mol. The van der Waals surface area contributed by atoms with E-state index in [0.29, 0.717) is 50.2 Å². The molecule has 1 atom stereocenters. The van der Waals surface area contributed by atoms with Gasteiger partial charge in [-0.05, 0) is 81.2 Å². The number of halogens is 2. The van der Waals surface area contributed by atoms with Gasteiger partial charge in [-0.1, -0.05) is 26.5 Å². The first-order chi connectivity index (χ1) is 21.7. The summed E-state index contributed by atoms with van der Waals surface area (Å²) >= 11 is 0. The molecule has 1 aromatic carbocycles. The van der Waals surface area contributed by atoms with E-state index >= 15 is 8.78 Å². The molecule has 11 heteroatoms. The van der Waals surface area contributed by atoms with Gasteiger partial charge in [0.15, 0.2) is 11.5 Å². The summed E-state index contributed by atoms with van der Waals surface area (Å²) < 4.78 is 39.1. The van der Waals surface area contributed by atoms with Crippen molar-refractivity contribution in [3.63, 3.8) is 0 Å². The number of aromatic nitrogens is 3. The summed E-state index contributed by atoms with van der Waals surface area (Å²) in [6.45, 7) is 14.4. The number of aliphatic imine (C=N–C) groups is 1. The van der Waals surface area contributed by atoms with Crippen LogP contribution in [-0.4, -0.2) is 64.3 Å². The largest absolute Gasteiger partial charge is 0.493 e. The highest BCUT2D eigenvalue weighted by atomic mass is 19.1. The second kappa shape index (κ2) is 13.5. The number of amides is 1. The van der Waals surface area contributed by atoms with Gasteiger partial charge in [-0.3, -0.25) is 9.79 Å². The van der Waals surface area contributed by atoms with Crippen molar-refractivity contribution in [1.82, 2.24) is 19.4 Å². The maximum absolute atomic E-state index is 16.2. The zero-order valence-electron chi connectivity index (χ0n) is 25.9. The first kappa shape index (κ1) is 31.7. The molecule has 9 nitrogen and oxygen atoms in total. The minimum absolute atomic E-state index is 0.109. The van der Waals surface area contributed by atoms with Crippen molar-refractivity contribution in [3.8, 4) is 17.0 Å². The Kier molecular flexibility index (Phi) is 9.55. The Morgan fingerprint density at radius 1 is 1.16 bits per heavy atom. The average molecular weight is 617 g/mol. The van der Waals surface area contributed by atoms with Crippen LogP contribution in [0.3, 0.4) is 0 Å². The van der Waals surface area contributed by atoms with Gasteiger partial charge in [-0.15, -0.1) is 0 Å². The number of ether oxygens (including phenoxy) is 1. The fourth-order valence-corrected chi connectivity index (χ4v) is 6.16. The topological polar surface area (TPSA) is 92.9 Å². The fourth-order valence-electron chi connectivity index (χ4n) is 6.16. The van der Waals surface area contributed by atoms with Crippen molar-refractivity contribution in [2.75, 3.05) is 31.1 Å². The molecule has 5 rings (SSSR count). The Bertz CT molecular complexity index is 1760. The van der Waals surface area contributed by atoms with Gasteiger partial charge in [-0.2, -0.15) is 4.98 Å². The summed E-state index contributed by atoms with van der Waals surface area (Å²) in [5, 5.41) is 0.292. The van der Waals surface area contributed by atoms with Gasteiger partial charge in [0.05, 0.1) is 17.6 Å². The maximum Gasteiger partial charge on any atom is 0.355 e. The summed E-state index contributed by atoms with van der Waals surface area (Å²) in [6.07, 6.45) is 7.61. The number of fused-ring (bicyclic) bond motifs is 3. The summed E-state index contributed by atoms with van der Waals surface area (Å²) in [5.41, 5.74) is 0.661. The third-order valence-electron chi connectivity index (χ3n) is 8.25. The van der Waals surface area contributed by atoms with Crippen molar-refractivity contribution in [2.24, 2.45) is 10.9 Å². The van der Waals surface area contributed by atoms with Crippen LogP contribution in [0.5, 0.6) is 5.75 Å². The second-order valence-electron chi connectivity index (χ2n) is 11.6. The summed E-state index contributed by atoms with van der Waals surface area (Å²) in [4.78, 5) is 43.2. The van der Waals surface area contributed by atoms with E-state index in [1.807, 2.05) is 31.7 Å². The average Bonchev–Trinajstić information content (AvgIpc) is 3.01. The Balaban J connectivity index is 1.86. The molecule has 0 aliphatic carbocycles. The molecule has 45 heavy (non-hydrogen) atoms. The number of carbonyl (C=O) groups excluding carboxylic acids is 1. The van der Waals surface area contributed by atoms with Crippen molar-refractivity contribution < 1.29 is 18.3 Å². The molecule has 2 aromatic heterocycles. The highest BCUT2D eigenvalue weighted by molar-refractivity contribution is 5.92. The molecule has 4 heterocycles. The van der Waals surface area contributed by atoms with Gasteiger partial charge >= 0.3 is 5.69 Å². The van der Waals surface area contributed by atoms with E-state index in [1.54, 1.807) is 17.2 Å². The molecule has 0 radical (unpaired) electrons. The Morgan fingerprint density at radius 2 is 1.96 bits per heavy atom. The number of benzene rings is 1. The lowest BCUT2D eigenvalue weighted by Crippen LogP contribution is -2.54. The van der Waals surface area contributed by atoms with Gasteiger partial charge in [-0.25, -0.2) is 23.1 Å². The van der Waals surface area contributed by atoms with Gasteiger partial charge in [0.2, 0.25) is 5.91 Å². The van der Waals surface area contributed by atoms with Crippen LogP contribution in [0, 0.1) is 17.6 Å². The highest BCUT2D eigenvalue weighted by Crippen LogP contribution is 2.38. The van der Waals surface area contributed by atoms with Gasteiger partial charge in [0.25, 0.3) is 0 Å². The number of rotatable bonds is 5. The number of hydrogen-bond acceptors (Lipinski definition) is 7. The summed E-state index contributed by atoms with van der Waals surface area (Å²) in [6, 6.07) is 5.36. The quantitative estimate of drug-likeness (QED) is 0.258. The predicted octanol–water partition coefficient (Wildman–Crippen LogP) is 5.99. The van der Waals surface area contributed by atoms with E-state index < -0.39 is 17.3 Å². The monoisotopic (exact) mass is 616 g/mol. The minimum atomic E-state index is -0.781. The zero-order chi connectivity index (χ0) is 32.2. The number of allylic oxidation sites excluding steroid dienone is 3. The van der Waals surface area contributed by atoms with Gasteiger partial charge in [0, 0.05) is 37.6 Å². The van der Waals surface area contributed by atoms with E-state index in [2.05, 4.69) is 23.3 Å². The van der Waals surface area contributed by atoms with Crippen LogP contribution in [0.15, 0.2) is 64.6 Å². The minimum Gasteiger partial charge on any atom is -0.493 e. The first-order valence-corrected chi connectivity index (χ1v) is 15.2. The molecule has 2 bridgehead atoms. The number of anilines is 1. The van der Waals surface area contributed by atoms with Crippen LogP contribution < -0.4 is 15.3 Å². The van der Waals surface area contributed by atoms with Crippen molar-refractivity contribution in [2.45, 2.75) is 52.5 Å². The van der Waals surface area contributed by atoms with E-state index in [9.17, 15) is 9.59 Å². The Hall–Kier alpha value is -4.67. The van der Waals surface area contributed by atoms with Crippen LogP contribution in [-0.2, 0) is 4.79 Å². The standard InChI is InChI=1S/C34H38F2N6O3/c1-6-28(43)40-16-17-41(22(4)20-40)32-24-19-26(36)30-29-25(35)12-10-13-27(29)45-18-9-7-8-11-23(14-15-37-5)31(21(2)3)42(33(24)38-30)34(44)39-32/h6,10,12-15,19,21-22H,1,5,7-9,11,16-18,20H2,2-4H3/b15-14-,31-23?/t22-/m0/s1. The normalized spacial score (nSPS) is 17.9. The molecule has 1 amide bonds. The molecular formula is C34H38F2N6O3. The maximum atomic E-state index is 16.2. The van der Waals surface area contributed by atoms with E-state index in [-0.39, 0.29) is 46.3 Å². The Morgan fingerprint density at radius 3 is 2.67 bits per heavy atom. The van der Waals surface area contributed by atoms with Crippen LogP contribution in [0.25, 0.3) is 28.0 Å². The number of nitrogens with zero attached hydrogens (tertiary/aromatic N) is 6. The van der Waals surface area contributed by atoms with Crippen molar-refractivity contribution >= 4 is 35.2 Å². The number of carbonyl (C=O) groups is 1. The third kappa shape index (κ3) is 6.29. The third-order valence-corrected chi connectivity index (χ3v) is 8.25. The van der Waals surface area contributed by atoms with E-state index in [1.165, 1.54) is 28.8 Å². The van der Waals surface area contributed by atoms with E-state index in [4.69, 9.17) is 9.72 Å². The van der Waals surface area contributed by atoms with Crippen LogP contribution in [0.4, 0.5) is 14.6 Å². The van der Waals surface area contributed by atoms with E-state index in [0.717, 1.165) is 18.4 Å². The molecule has 2 aliphatic heterocycles. The molecule has 0 unspecified atom stereocenters. The molecule has 0 spiro atoms. The highest BCUT2D eigenvalue weighted by Gasteiger charge is 2.31. The van der Waals surface area contributed by atoms with Crippen molar-refractivity contribution in [1.29, 1.82) is 0 Å². The van der Waals surface area contributed by atoms with Crippen LogP contribution in [0.1, 0.15) is 46.5 Å². The molecule has 236 valence electrons. The number of piperazine rings is 1. The molecule has 2 aliphatic rings. The SMILES string of the molecule is C=CC(=O)N1CCN(c2nc(=O)n3c4nc(c(F)cc24)-c2c(F)cccc2OCCCCCC(/C=C\N=C)=C3C(C)C)[C@@H](C)C1. The lowest BCUT2D eigenvalue weighted by molar-refractivity contribution is -0.126. The molecule has 0 N–H and O–H groups in total. The van der Waals surface area contributed by atoms with Crippen LogP contribution in [0.2, 0.25) is 0 Å². The zero-order valence-corrected chi connectivity index (χ0v) is 25.9. The fraction of sp³-hybridized carbons (Fsp3) is 0.382. The molecule has 0 saturated carbocycles. The van der Waals surface area contributed by atoms with Gasteiger partial charge in [0.1, 0.15) is 23.1 Å². The van der Waals surface area contributed by atoms with Gasteiger partial charge < -0.3 is 14.5 Å². The van der Waals surface area contributed by atoms with Crippen molar-refractivity contribution in [3.05, 3.63) is 76.9 Å². The van der Waals surface area contributed by atoms with Crippen LogP contribution >= 0.6 is 0 Å². The lowest BCUT2D eigenvalue weighted by Gasteiger charge is -2.40. The smallest absolute Gasteiger partial charge is 0.355 e. The second-order valence-corrected chi connectivity index (χ2v) is 11.6. The number of pyridine rings is 1. The summed E-state index contributed by atoms with van der Waals surface area (Å²) in [7, 11) is 0. The molecule has 3 aromatic rings. The lowest BCUT2D eigenvalue weighted by atomic mass is 9.98. The number of hydrogen-bond donors (Lipinski definition) is 0.